The quantitative estimate of drug-likeness (QED) is 0.534. The van der Waals surface area contributed by atoms with E-state index in [2.05, 4.69) is 5.32 Å². The van der Waals surface area contributed by atoms with E-state index in [0.29, 0.717) is 22.7 Å². The number of methoxy groups -OCH3 is 1. The third kappa shape index (κ3) is 5.05. The van der Waals surface area contributed by atoms with Crippen LogP contribution in [0.25, 0.3) is 0 Å². The summed E-state index contributed by atoms with van der Waals surface area (Å²) in [7, 11) is 1.64. The predicted molar refractivity (Wildman–Crippen MR) is 111 cm³/mol. The minimum absolute atomic E-state index is 0.0880. The monoisotopic (exact) mass is 404 g/mol. The highest BCUT2D eigenvalue weighted by atomic mass is 32.2. The van der Waals surface area contributed by atoms with Gasteiger partial charge in [-0.3, -0.25) is 9.59 Å². The van der Waals surface area contributed by atoms with Gasteiger partial charge in [0.2, 0.25) is 5.91 Å². The number of ether oxygens (including phenoxy) is 1. The van der Waals surface area contributed by atoms with Gasteiger partial charge in [0.05, 0.1) is 12.7 Å². The molecule has 3 rings (SSSR count). The van der Waals surface area contributed by atoms with E-state index in [0.717, 1.165) is 41.9 Å². The summed E-state index contributed by atoms with van der Waals surface area (Å²) >= 11 is 3.13. The zero-order chi connectivity index (χ0) is 19.2. The molecule has 2 amide bonds. The number of thioether (sulfide) groups is 1. The molecule has 0 spiro atoms. The lowest BCUT2D eigenvalue weighted by Crippen LogP contribution is -2.18. The largest absolute Gasteiger partial charge is 0.497 e. The van der Waals surface area contributed by atoms with Gasteiger partial charge in [-0.1, -0.05) is 6.42 Å². The topological polar surface area (TPSA) is 81.4 Å². The Morgan fingerprint density at radius 1 is 1.19 bits per heavy atom. The number of thiophene rings is 1. The van der Waals surface area contributed by atoms with Gasteiger partial charge in [-0.05, 0) is 55.5 Å². The fourth-order valence-electron chi connectivity index (χ4n) is 3.21. The number of aryl methyl sites for hydroxylation is 1. The molecule has 0 fully saturated rings. The first-order valence-electron chi connectivity index (χ1n) is 9.09. The second-order valence-electron chi connectivity index (χ2n) is 6.45. The first-order valence-corrected chi connectivity index (χ1v) is 10.9. The van der Waals surface area contributed by atoms with Crippen LogP contribution in [-0.4, -0.2) is 24.7 Å². The standard InChI is InChI=1S/C20H24N2O3S2/c1-25-13-7-9-14(10-8-13)26-12-11-17(23)22-20-18(19(21)24)15-5-3-2-4-6-16(15)27-20/h7-10H,2-6,11-12H2,1H3,(H2,21,24)(H,22,23). The van der Waals surface area contributed by atoms with Crippen LogP contribution >= 0.6 is 23.1 Å². The van der Waals surface area contributed by atoms with Gasteiger partial charge in [0.25, 0.3) is 5.91 Å². The number of carbonyl (C=O) groups excluding carboxylic acids is 2. The van der Waals surface area contributed by atoms with Crippen LogP contribution in [0.15, 0.2) is 29.2 Å². The number of amides is 2. The molecule has 144 valence electrons. The van der Waals surface area contributed by atoms with E-state index in [-0.39, 0.29) is 5.91 Å². The van der Waals surface area contributed by atoms with Crippen LogP contribution in [-0.2, 0) is 17.6 Å². The third-order valence-electron chi connectivity index (χ3n) is 4.58. The lowest BCUT2D eigenvalue weighted by Gasteiger charge is -2.07. The zero-order valence-corrected chi connectivity index (χ0v) is 17.0. The lowest BCUT2D eigenvalue weighted by atomic mass is 10.1. The molecule has 1 aromatic carbocycles. The number of anilines is 1. The summed E-state index contributed by atoms with van der Waals surface area (Å²) in [6.07, 6.45) is 5.56. The van der Waals surface area contributed by atoms with Gasteiger partial charge < -0.3 is 15.8 Å². The first-order chi connectivity index (χ1) is 13.1. The number of fused-ring (bicyclic) bond motifs is 1. The van der Waals surface area contributed by atoms with Crippen molar-refractivity contribution in [2.24, 2.45) is 5.73 Å². The molecule has 0 saturated heterocycles. The average Bonchev–Trinajstić information content (AvgIpc) is 2.83. The Bertz CT molecular complexity index is 815. The minimum atomic E-state index is -0.447. The van der Waals surface area contributed by atoms with Crippen molar-refractivity contribution in [2.45, 2.75) is 43.4 Å². The summed E-state index contributed by atoms with van der Waals surface area (Å²) in [5, 5.41) is 3.54. The maximum absolute atomic E-state index is 12.4. The lowest BCUT2D eigenvalue weighted by molar-refractivity contribution is -0.115. The summed E-state index contributed by atoms with van der Waals surface area (Å²) in [6, 6.07) is 7.76. The molecule has 0 saturated carbocycles. The van der Waals surface area contributed by atoms with Crippen molar-refractivity contribution in [3.8, 4) is 5.75 Å². The van der Waals surface area contributed by atoms with Crippen LogP contribution in [0.1, 0.15) is 46.5 Å². The normalized spacial score (nSPS) is 13.5. The number of rotatable bonds is 7. The van der Waals surface area contributed by atoms with Crippen LogP contribution in [0.3, 0.4) is 0 Å². The van der Waals surface area contributed by atoms with E-state index in [1.54, 1.807) is 18.9 Å². The molecule has 1 heterocycles. The Morgan fingerprint density at radius 2 is 1.93 bits per heavy atom. The highest BCUT2D eigenvalue weighted by molar-refractivity contribution is 7.99. The highest BCUT2D eigenvalue weighted by Crippen LogP contribution is 2.37. The second kappa shape index (κ2) is 9.28. The van der Waals surface area contributed by atoms with Crippen molar-refractivity contribution in [1.82, 2.24) is 0 Å². The van der Waals surface area contributed by atoms with Gasteiger partial charge in [-0.15, -0.1) is 23.1 Å². The molecule has 27 heavy (non-hydrogen) atoms. The van der Waals surface area contributed by atoms with Crippen LogP contribution in [0.4, 0.5) is 5.00 Å². The Kier molecular flexibility index (Phi) is 6.79. The predicted octanol–water partition coefficient (Wildman–Crippen LogP) is 4.25. The summed E-state index contributed by atoms with van der Waals surface area (Å²) < 4.78 is 5.14. The molecule has 0 atom stereocenters. The van der Waals surface area contributed by atoms with E-state index >= 15 is 0 Å². The molecule has 3 N–H and O–H groups in total. The van der Waals surface area contributed by atoms with Gasteiger partial charge in [-0.25, -0.2) is 0 Å². The van der Waals surface area contributed by atoms with E-state index < -0.39 is 5.91 Å². The summed E-state index contributed by atoms with van der Waals surface area (Å²) in [5.74, 6) is 0.940. The molecular weight excluding hydrogens is 380 g/mol. The van der Waals surface area contributed by atoms with Crippen molar-refractivity contribution >= 4 is 39.9 Å². The molecule has 0 bridgehead atoms. The minimum Gasteiger partial charge on any atom is -0.497 e. The molecule has 1 aliphatic rings. The Labute approximate surface area is 167 Å². The molecule has 2 aromatic rings. The fourth-order valence-corrected chi connectivity index (χ4v) is 5.38. The van der Waals surface area contributed by atoms with Gasteiger partial charge >= 0.3 is 0 Å². The van der Waals surface area contributed by atoms with Crippen molar-refractivity contribution in [3.05, 3.63) is 40.3 Å². The van der Waals surface area contributed by atoms with Crippen LogP contribution < -0.4 is 15.8 Å². The number of benzene rings is 1. The first kappa shape index (κ1) is 19.8. The van der Waals surface area contributed by atoms with Crippen molar-refractivity contribution in [2.75, 3.05) is 18.2 Å². The number of primary amides is 1. The van der Waals surface area contributed by atoms with Crippen molar-refractivity contribution < 1.29 is 14.3 Å². The summed E-state index contributed by atoms with van der Waals surface area (Å²) in [4.78, 5) is 26.6. The second-order valence-corrected chi connectivity index (χ2v) is 8.73. The molecule has 7 heteroatoms. The van der Waals surface area contributed by atoms with E-state index in [1.165, 1.54) is 22.6 Å². The van der Waals surface area contributed by atoms with E-state index in [1.807, 2.05) is 24.3 Å². The van der Waals surface area contributed by atoms with Gasteiger partial charge in [0.1, 0.15) is 10.8 Å². The molecule has 1 aromatic heterocycles. The average molecular weight is 405 g/mol. The van der Waals surface area contributed by atoms with Crippen molar-refractivity contribution in [1.29, 1.82) is 0 Å². The maximum Gasteiger partial charge on any atom is 0.251 e. The molecule has 5 nitrogen and oxygen atoms in total. The summed E-state index contributed by atoms with van der Waals surface area (Å²) in [5.41, 5.74) is 7.18. The van der Waals surface area contributed by atoms with Gasteiger partial charge in [0.15, 0.2) is 0 Å². The molecule has 1 aliphatic carbocycles. The van der Waals surface area contributed by atoms with Gasteiger partial charge in [-0.2, -0.15) is 0 Å². The van der Waals surface area contributed by atoms with Crippen molar-refractivity contribution in [3.63, 3.8) is 0 Å². The number of hydrogen-bond acceptors (Lipinski definition) is 5. The fraction of sp³-hybridized carbons (Fsp3) is 0.400. The van der Waals surface area contributed by atoms with E-state index in [9.17, 15) is 9.59 Å². The number of hydrogen-bond donors (Lipinski definition) is 2. The Balaban J connectivity index is 1.59. The molecule has 0 aliphatic heterocycles. The van der Waals surface area contributed by atoms with Gasteiger partial charge in [0, 0.05) is 21.9 Å². The molecular formula is C20H24N2O3S2. The smallest absolute Gasteiger partial charge is 0.251 e. The highest BCUT2D eigenvalue weighted by Gasteiger charge is 2.24. The summed E-state index contributed by atoms with van der Waals surface area (Å²) in [6.45, 7) is 0. The SMILES string of the molecule is COc1ccc(SCCC(=O)Nc2sc3c(c2C(N)=O)CCCCC3)cc1. The zero-order valence-electron chi connectivity index (χ0n) is 15.4. The van der Waals surface area contributed by atoms with Crippen LogP contribution in [0.2, 0.25) is 0 Å². The van der Waals surface area contributed by atoms with E-state index in [4.69, 9.17) is 10.5 Å². The van der Waals surface area contributed by atoms with Crippen LogP contribution in [0, 0.1) is 0 Å². The van der Waals surface area contributed by atoms with Crippen LogP contribution in [0.5, 0.6) is 5.75 Å². The number of nitrogens with two attached hydrogens (primary N) is 1. The molecule has 0 radical (unpaired) electrons. The number of nitrogens with one attached hydrogen (secondary N) is 1. The Hall–Kier alpha value is -1.99. The Morgan fingerprint density at radius 3 is 2.63 bits per heavy atom. The molecule has 0 unspecified atom stereocenters. The third-order valence-corrected chi connectivity index (χ3v) is 6.80. The number of carbonyl (C=O) groups is 2. The maximum atomic E-state index is 12.4.